The van der Waals surface area contributed by atoms with E-state index in [2.05, 4.69) is 6.92 Å². The fourth-order valence-electron chi connectivity index (χ4n) is 5.04. The molecule has 1 heterocycles. The minimum absolute atomic E-state index is 0.139. The van der Waals surface area contributed by atoms with Crippen LogP contribution in [0.15, 0.2) is 18.2 Å². The molecule has 4 heteroatoms. The van der Waals surface area contributed by atoms with Crippen LogP contribution in [0.25, 0.3) is 0 Å². The molecule has 2 saturated carbocycles. The second-order valence-corrected chi connectivity index (χ2v) is 7.40. The van der Waals surface area contributed by atoms with E-state index >= 15 is 0 Å². The van der Waals surface area contributed by atoms with Crippen molar-refractivity contribution >= 4 is 11.8 Å². The Morgan fingerprint density at radius 1 is 1.35 bits per heavy atom. The van der Waals surface area contributed by atoms with Crippen LogP contribution in [0.3, 0.4) is 0 Å². The predicted octanol–water partition coefficient (Wildman–Crippen LogP) is 3.48. The summed E-state index contributed by atoms with van der Waals surface area (Å²) >= 11 is 0. The molecule has 3 aliphatic rings. The van der Waals surface area contributed by atoms with E-state index in [1.807, 2.05) is 18.2 Å². The molecule has 4 atom stereocenters. The standard InChI is InChI=1S/C19H22O4/c1-11(20)23-12-3-4-14-13-7-8-19(2)16(5-6-18(19)21)15(13)10-22-17(14)9-12/h3-4,9,13,15-16H,5-8,10H2,1-2H3. The summed E-state index contributed by atoms with van der Waals surface area (Å²) in [4.78, 5) is 23.4. The van der Waals surface area contributed by atoms with Crippen molar-refractivity contribution in [1.82, 2.24) is 0 Å². The third-order valence-electron chi connectivity index (χ3n) is 6.22. The van der Waals surface area contributed by atoms with Crippen molar-refractivity contribution in [3.8, 4) is 11.5 Å². The van der Waals surface area contributed by atoms with Gasteiger partial charge in [-0.3, -0.25) is 9.59 Å². The highest BCUT2D eigenvalue weighted by atomic mass is 16.5. The second kappa shape index (κ2) is 5.08. The summed E-state index contributed by atoms with van der Waals surface area (Å²) in [5.41, 5.74) is 1.07. The van der Waals surface area contributed by atoms with Gasteiger partial charge in [-0.25, -0.2) is 0 Å². The number of fused-ring (bicyclic) bond motifs is 5. The van der Waals surface area contributed by atoms with Gasteiger partial charge in [-0.2, -0.15) is 0 Å². The SMILES string of the molecule is CC(=O)Oc1ccc2c(c1)OCC1C2CCC2(C)C(=O)CCC12. The van der Waals surface area contributed by atoms with Gasteiger partial charge in [-0.1, -0.05) is 13.0 Å². The first-order valence-corrected chi connectivity index (χ1v) is 8.47. The first-order valence-electron chi connectivity index (χ1n) is 8.47. The molecule has 4 rings (SSSR count). The molecule has 122 valence electrons. The summed E-state index contributed by atoms with van der Waals surface area (Å²) in [7, 11) is 0. The van der Waals surface area contributed by atoms with E-state index < -0.39 is 0 Å². The lowest BCUT2D eigenvalue weighted by Gasteiger charge is -2.47. The molecule has 23 heavy (non-hydrogen) atoms. The van der Waals surface area contributed by atoms with Crippen molar-refractivity contribution in [2.75, 3.05) is 6.61 Å². The fourth-order valence-corrected chi connectivity index (χ4v) is 5.04. The average Bonchev–Trinajstić information content (AvgIpc) is 2.82. The van der Waals surface area contributed by atoms with Crippen molar-refractivity contribution in [3.05, 3.63) is 23.8 Å². The molecular formula is C19H22O4. The molecule has 4 unspecified atom stereocenters. The monoisotopic (exact) mass is 314 g/mol. The van der Waals surface area contributed by atoms with Gasteiger partial charge in [0.2, 0.25) is 0 Å². The highest BCUT2D eigenvalue weighted by molar-refractivity contribution is 5.87. The summed E-state index contributed by atoms with van der Waals surface area (Å²) < 4.78 is 11.2. The summed E-state index contributed by atoms with van der Waals surface area (Å²) in [5, 5.41) is 0. The molecule has 0 saturated heterocycles. The predicted molar refractivity (Wildman–Crippen MR) is 84.5 cm³/mol. The largest absolute Gasteiger partial charge is 0.493 e. The summed E-state index contributed by atoms with van der Waals surface area (Å²) in [6.07, 6.45) is 3.73. The van der Waals surface area contributed by atoms with Crippen molar-refractivity contribution < 1.29 is 19.1 Å². The van der Waals surface area contributed by atoms with E-state index in [0.29, 0.717) is 35.9 Å². The second-order valence-electron chi connectivity index (χ2n) is 7.40. The van der Waals surface area contributed by atoms with Crippen LogP contribution in [-0.2, 0) is 9.59 Å². The number of hydrogen-bond donors (Lipinski definition) is 0. The smallest absolute Gasteiger partial charge is 0.308 e. The fraction of sp³-hybridized carbons (Fsp3) is 0.579. The van der Waals surface area contributed by atoms with Gasteiger partial charge >= 0.3 is 5.97 Å². The summed E-state index contributed by atoms with van der Waals surface area (Å²) in [6.45, 7) is 4.21. The number of rotatable bonds is 1. The van der Waals surface area contributed by atoms with E-state index in [4.69, 9.17) is 9.47 Å². The maximum atomic E-state index is 12.3. The third kappa shape index (κ3) is 2.19. The molecule has 2 aliphatic carbocycles. The number of benzene rings is 1. The molecule has 0 amide bonds. The Labute approximate surface area is 136 Å². The van der Waals surface area contributed by atoms with Crippen LogP contribution in [0.5, 0.6) is 11.5 Å². The van der Waals surface area contributed by atoms with Crippen molar-refractivity contribution in [3.63, 3.8) is 0 Å². The molecule has 1 aliphatic heterocycles. The zero-order chi connectivity index (χ0) is 16.2. The van der Waals surface area contributed by atoms with Crippen LogP contribution in [-0.4, -0.2) is 18.4 Å². The maximum absolute atomic E-state index is 12.3. The van der Waals surface area contributed by atoms with Crippen LogP contribution in [0, 0.1) is 17.3 Å². The normalized spacial score (nSPS) is 34.9. The Morgan fingerprint density at radius 2 is 2.17 bits per heavy atom. The van der Waals surface area contributed by atoms with Gasteiger partial charge in [0.25, 0.3) is 0 Å². The summed E-state index contributed by atoms with van der Waals surface area (Å²) in [6, 6.07) is 5.70. The van der Waals surface area contributed by atoms with Gasteiger partial charge in [-0.15, -0.1) is 0 Å². The number of carbonyl (C=O) groups is 2. The zero-order valence-corrected chi connectivity index (χ0v) is 13.6. The van der Waals surface area contributed by atoms with Crippen molar-refractivity contribution in [1.29, 1.82) is 0 Å². The number of carbonyl (C=O) groups excluding carboxylic acids is 2. The van der Waals surface area contributed by atoms with Crippen LogP contribution in [0.2, 0.25) is 0 Å². The third-order valence-corrected chi connectivity index (χ3v) is 6.22. The maximum Gasteiger partial charge on any atom is 0.308 e. The Balaban J connectivity index is 1.65. The number of esters is 1. The molecule has 0 N–H and O–H groups in total. The van der Waals surface area contributed by atoms with E-state index in [1.54, 1.807) is 0 Å². The van der Waals surface area contributed by atoms with Gasteiger partial charge < -0.3 is 9.47 Å². The minimum atomic E-state index is -0.323. The Bertz CT molecular complexity index is 680. The van der Waals surface area contributed by atoms with E-state index in [-0.39, 0.29) is 11.4 Å². The van der Waals surface area contributed by atoms with Gasteiger partial charge in [0.05, 0.1) is 6.61 Å². The lowest BCUT2D eigenvalue weighted by Crippen LogP contribution is -2.44. The van der Waals surface area contributed by atoms with E-state index in [9.17, 15) is 9.59 Å². The quantitative estimate of drug-likeness (QED) is 0.588. The molecule has 0 bridgehead atoms. The zero-order valence-electron chi connectivity index (χ0n) is 13.6. The Morgan fingerprint density at radius 3 is 2.96 bits per heavy atom. The number of ketones is 1. The minimum Gasteiger partial charge on any atom is -0.493 e. The molecular weight excluding hydrogens is 292 g/mol. The number of Topliss-reactive ketones (excluding diaryl/α,β-unsaturated/α-hetero) is 1. The van der Waals surface area contributed by atoms with Crippen LogP contribution >= 0.6 is 0 Å². The lowest BCUT2D eigenvalue weighted by atomic mass is 9.58. The van der Waals surface area contributed by atoms with Gasteiger partial charge in [0.15, 0.2) is 0 Å². The Kier molecular flexibility index (Phi) is 3.26. The van der Waals surface area contributed by atoms with Crippen LogP contribution in [0.1, 0.15) is 51.0 Å². The van der Waals surface area contributed by atoms with Gasteiger partial charge in [0, 0.05) is 30.7 Å². The molecule has 0 spiro atoms. The number of hydrogen-bond acceptors (Lipinski definition) is 4. The Hall–Kier alpha value is -1.84. The van der Waals surface area contributed by atoms with Gasteiger partial charge in [0.1, 0.15) is 17.3 Å². The first kappa shape index (κ1) is 14.7. The molecule has 0 aromatic heterocycles. The molecule has 1 aromatic rings. The topological polar surface area (TPSA) is 52.6 Å². The number of ether oxygens (including phenoxy) is 2. The molecule has 2 fully saturated rings. The highest BCUT2D eigenvalue weighted by Crippen LogP contribution is 2.59. The molecule has 4 nitrogen and oxygen atoms in total. The van der Waals surface area contributed by atoms with E-state index in [1.165, 1.54) is 12.5 Å². The lowest BCUT2D eigenvalue weighted by molar-refractivity contribution is -0.132. The molecule has 1 aromatic carbocycles. The molecule has 0 radical (unpaired) electrons. The van der Waals surface area contributed by atoms with Crippen LogP contribution in [0.4, 0.5) is 0 Å². The summed E-state index contributed by atoms with van der Waals surface area (Å²) in [5.74, 6) is 2.80. The first-order chi connectivity index (χ1) is 11.0. The average molecular weight is 314 g/mol. The van der Waals surface area contributed by atoms with Crippen molar-refractivity contribution in [2.45, 2.75) is 45.4 Å². The van der Waals surface area contributed by atoms with Crippen molar-refractivity contribution in [2.24, 2.45) is 17.3 Å². The highest BCUT2D eigenvalue weighted by Gasteiger charge is 2.55. The van der Waals surface area contributed by atoms with E-state index in [0.717, 1.165) is 31.4 Å². The van der Waals surface area contributed by atoms with Gasteiger partial charge in [-0.05, 0) is 42.7 Å². The van der Waals surface area contributed by atoms with Crippen LogP contribution < -0.4 is 9.47 Å².